The Kier molecular flexibility index (Phi) is 5.11. The fraction of sp³-hybridized carbons (Fsp3) is 0.417. The minimum absolute atomic E-state index is 0.0940. The molecule has 0 aliphatic carbocycles. The molecule has 0 spiro atoms. The third-order valence-electron chi connectivity index (χ3n) is 2.49. The first-order chi connectivity index (χ1) is 8.86. The number of benzene rings is 1. The monoisotopic (exact) mass is 285 g/mol. The lowest BCUT2D eigenvalue weighted by molar-refractivity contribution is -0.384. The third kappa shape index (κ3) is 3.82. The molecular formula is C12H16ClN3O3. The Labute approximate surface area is 116 Å². The van der Waals surface area contributed by atoms with E-state index in [1.54, 1.807) is 19.0 Å². The van der Waals surface area contributed by atoms with Crippen LogP contribution in [0.15, 0.2) is 12.1 Å². The maximum Gasteiger partial charge on any atom is 0.294 e. The molecule has 0 aliphatic heterocycles. The molecule has 1 rings (SSSR count). The molecule has 0 aliphatic rings. The summed E-state index contributed by atoms with van der Waals surface area (Å²) in [5.41, 5.74) is 0.680. The molecule has 0 fully saturated rings. The van der Waals surface area contributed by atoms with Gasteiger partial charge in [-0.2, -0.15) is 0 Å². The lowest BCUT2D eigenvalue weighted by Gasteiger charge is -2.15. The molecule has 0 radical (unpaired) electrons. The van der Waals surface area contributed by atoms with Crippen molar-refractivity contribution in [3.8, 4) is 0 Å². The van der Waals surface area contributed by atoms with Gasteiger partial charge in [0.25, 0.3) is 5.69 Å². The zero-order valence-electron chi connectivity index (χ0n) is 11.1. The number of carbonyl (C=O) groups is 1. The first kappa shape index (κ1) is 15.2. The maximum atomic E-state index is 11.5. The van der Waals surface area contributed by atoms with Gasteiger partial charge in [-0.1, -0.05) is 18.5 Å². The van der Waals surface area contributed by atoms with Gasteiger partial charge in [-0.15, -0.1) is 0 Å². The van der Waals surface area contributed by atoms with Crippen LogP contribution in [0.4, 0.5) is 17.1 Å². The molecule has 0 unspecified atom stereocenters. The summed E-state index contributed by atoms with van der Waals surface area (Å²) in [5.74, 6) is -0.164. The Balaban J connectivity index is 3.17. The quantitative estimate of drug-likeness (QED) is 0.666. The van der Waals surface area contributed by atoms with E-state index < -0.39 is 4.92 Å². The van der Waals surface area contributed by atoms with Crippen LogP contribution in [0.1, 0.15) is 19.8 Å². The number of rotatable bonds is 5. The summed E-state index contributed by atoms with van der Waals surface area (Å²) in [4.78, 5) is 23.6. The lowest BCUT2D eigenvalue weighted by Crippen LogP contribution is -2.14. The zero-order valence-corrected chi connectivity index (χ0v) is 11.8. The molecule has 104 valence electrons. The third-order valence-corrected chi connectivity index (χ3v) is 2.81. The normalized spacial score (nSPS) is 10.1. The van der Waals surface area contributed by atoms with Crippen LogP contribution in [0.3, 0.4) is 0 Å². The van der Waals surface area contributed by atoms with E-state index in [9.17, 15) is 14.9 Å². The van der Waals surface area contributed by atoms with Crippen LogP contribution >= 0.6 is 11.6 Å². The predicted octanol–water partition coefficient (Wildman–Crippen LogP) is 3.05. The molecule has 1 N–H and O–H groups in total. The maximum absolute atomic E-state index is 11.5. The molecule has 0 heterocycles. The van der Waals surface area contributed by atoms with Gasteiger partial charge in [-0.05, 0) is 12.5 Å². The first-order valence-electron chi connectivity index (χ1n) is 5.82. The number of nitrogens with zero attached hydrogens (tertiary/aromatic N) is 2. The molecule has 1 aromatic carbocycles. The Hall–Kier alpha value is -1.82. The predicted molar refractivity (Wildman–Crippen MR) is 76.0 cm³/mol. The minimum Gasteiger partial charge on any atom is -0.372 e. The van der Waals surface area contributed by atoms with Crippen molar-refractivity contribution in [1.82, 2.24) is 0 Å². The highest BCUT2D eigenvalue weighted by Gasteiger charge is 2.19. The van der Waals surface area contributed by atoms with Crippen LogP contribution in [-0.4, -0.2) is 24.9 Å². The van der Waals surface area contributed by atoms with E-state index >= 15 is 0 Å². The standard InChI is InChI=1S/C12H16ClN3O3/c1-4-5-12(17)14-9-7-10(15(2)3)11(16(18)19)6-8(9)13/h6-7H,4-5H2,1-3H3,(H,14,17). The second kappa shape index (κ2) is 6.38. The lowest BCUT2D eigenvalue weighted by atomic mass is 10.2. The number of nitrogens with one attached hydrogen (secondary N) is 1. The number of halogens is 1. The molecule has 1 amide bonds. The summed E-state index contributed by atoms with van der Waals surface area (Å²) in [5, 5.41) is 13.8. The Morgan fingerprint density at radius 2 is 2.11 bits per heavy atom. The summed E-state index contributed by atoms with van der Waals surface area (Å²) in [6.07, 6.45) is 1.10. The van der Waals surface area contributed by atoms with Crippen LogP contribution in [0.2, 0.25) is 5.02 Å². The average molecular weight is 286 g/mol. The van der Waals surface area contributed by atoms with Crippen LogP contribution < -0.4 is 10.2 Å². The molecule has 0 atom stereocenters. The number of hydrogen-bond donors (Lipinski definition) is 1. The number of carbonyl (C=O) groups excluding carboxylic acids is 1. The second-order valence-electron chi connectivity index (χ2n) is 4.27. The number of hydrogen-bond acceptors (Lipinski definition) is 4. The molecule has 7 heteroatoms. The number of nitro groups is 1. The van der Waals surface area contributed by atoms with Gasteiger partial charge in [-0.25, -0.2) is 0 Å². The fourth-order valence-electron chi connectivity index (χ4n) is 1.59. The van der Waals surface area contributed by atoms with Gasteiger partial charge in [0.05, 0.1) is 15.6 Å². The van der Waals surface area contributed by atoms with Crippen LogP contribution in [0, 0.1) is 10.1 Å². The van der Waals surface area contributed by atoms with Crippen molar-refractivity contribution in [2.75, 3.05) is 24.3 Å². The SMILES string of the molecule is CCCC(=O)Nc1cc(N(C)C)c([N+](=O)[O-])cc1Cl. The fourth-order valence-corrected chi connectivity index (χ4v) is 1.80. The summed E-state index contributed by atoms with van der Waals surface area (Å²) < 4.78 is 0. The smallest absolute Gasteiger partial charge is 0.294 e. The molecule has 0 bridgehead atoms. The highest BCUT2D eigenvalue weighted by molar-refractivity contribution is 6.34. The zero-order chi connectivity index (χ0) is 14.6. The van der Waals surface area contributed by atoms with E-state index in [1.165, 1.54) is 12.1 Å². The highest BCUT2D eigenvalue weighted by Crippen LogP contribution is 2.35. The largest absolute Gasteiger partial charge is 0.372 e. The van der Waals surface area contributed by atoms with E-state index in [4.69, 9.17) is 11.6 Å². The Morgan fingerprint density at radius 3 is 2.58 bits per heavy atom. The molecule has 0 aromatic heterocycles. The summed E-state index contributed by atoms with van der Waals surface area (Å²) in [6.45, 7) is 1.89. The number of nitro benzene ring substituents is 1. The molecule has 0 saturated heterocycles. The highest BCUT2D eigenvalue weighted by atomic mass is 35.5. The van der Waals surface area contributed by atoms with Gasteiger partial charge in [0.15, 0.2) is 0 Å². The minimum atomic E-state index is -0.501. The van der Waals surface area contributed by atoms with Gasteiger partial charge in [0, 0.05) is 26.6 Å². The average Bonchev–Trinajstić information content (AvgIpc) is 2.31. The summed E-state index contributed by atoms with van der Waals surface area (Å²) >= 11 is 5.96. The topological polar surface area (TPSA) is 75.5 Å². The molecule has 1 aromatic rings. The molecule has 19 heavy (non-hydrogen) atoms. The van der Waals surface area contributed by atoms with Gasteiger partial charge >= 0.3 is 0 Å². The molecule has 6 nitrogen and oxygen atoms in total. The molecular weight excluding hydrogens is 270 g/mol. The van der Waals surface area contributed by atoms with Gasteiger partial charge < -0.3 is 10.2 Å². The Morgan fingerprint density at radius 1 is 1.47 bits per heavy atom. The van der Waals surface area contributed by atoms with E-state index in [0.29, 0.717) is 17.8 Å². The van der Waals surface area contributed by atoms with Gasteiger partial charge in [0.2, 0.25) is 5.91 Å². The van der Waals surface area contributed by atoms with Crippen molar-refractivity contribution in [2.24, 2.45) is 0 Å². The molecule has 0 saturated carbocycles. The van der Waals surface area contributed by atoms with E-state index in [0.717, 1.165) is 6.42 Å². The van der Waals surface area contributed by atoms with Crippen molar-refractivity contribution in [1.29, 1.82) is 0 Å². The number of anilines is 2. The Bertz CT molecular complexity index is 503. The van der Waals surface area contributed by atoms with Crippen molar-refractivity contribution >= 4 is 34.6 Å². The second-order valence-corrected chi connectivity index (χ2v) is 4.68. The van der Waals surface area contributed by atoms with Crippen LogP contribution in [-0.2, 0) is 4.79 Å². The van der Waals surface area contributed by atoms with Crippen molar-refractivity contribution < 1.29 is 9.72 Å². The van der Waals surface area contributed by atoms with Crippen LogP contribution in [0.5, 0.6) is 0 Å². The van der Waals surface area contributed by atoms with Gasteiger partial charge in [0.1, 0.15) is 5.69 Å². The van der Waals surface area contributed by atoms with E-state index in [2.05, 4.69) is 5.32 Å². The van der Waals surface area contributed by atoms with E-state index in [1.807, 2.05) is 6.92 Å². The first-order valence-corrected chi connectivity index (χ1v) is 6.19. The summed E-state index contributed by atoms with van der Waals surface area (Å²) in [6, 6.07) is 2.76. The van der Waals surface area contributed by atoms with E-state index in [-0.39, 0.29) is 16.6 Å². The van der Waals surface area contributed by atoms with Gasteiger partial charge in [-0.3, -0.25) is 14.9 Å². The van der Waals surface area contributed by atoms with Crippen molar-refractivity contribution in [2.45, 2.75) is 19.8 Å². The van der Waals surface area contributed by atoms with Crippen molar-refractivity contribution in [3.63, 3.8) is 0 Å². The number of amides is 1. The van der Waals surface area contributed by atoms with Crippen molar-refractivity contribution in [3.05, 3.63) is 27.3 Å². The van der Waals surface area contributed by atoms with Crippen LogP contribution in [0.25, 0.3) is 0 Å². The summed E-state index contributed by atoms with van der Waals surface area (Å²) in [7, 11) is 3.38.